The summed E-state index contributed by atoms with van der Waals surface area (Å²) in [5.41, 5.74) is 7.55. The van der Waals surface area contributed by atoms with E-state index in [2.05, 4.69) is 37.1 Å². The maximum absolute atomic E-state index is 6.20. The van der Waals surface area contributed by atoms with Crippen LogP contribution in [0.5, 0.6) is 0 Å². The molecule has 2 unspecified atom stereocenters. The Morgan fingerprint density at radius 3 is 2.61 bits per heavy atom. The van der Waals surface area contributed by atoms with Crippen LogP contribution in [0.2, 0.25) is 0 Å². The molecule has 0 radical (unpaired) electrons. The molecule has 4 heteroatoms. The second kappa shape index (κ2) is 7.89. The minimum Gasteiger partial charge on any atom is -0.380 e. The van der Waals surface area contributed by atoms with Crippen molar-refractivity contribution in [1.29, 1.82) is 0 Å². The predicted molar refractivity (Wildman–Crippen MR) is 79.2 cm³/mol. The van der Waals surface area contributed by atoms with Crippen LogP contribution in [0.1, 0.15) is 37.3 Å². The Balaban J connectivity index is 2.79. The topological polar surface area (TPSA) is 38.5 Å². The molecule has 0 saturated heterocycles. The smallest absolute Gasteiger partial charge is 0.0594 e. The number of likely N-dealkylation sites (N-methyl/N-ethyl adjacent to an activating group) is 1. The van der Waals surface area contributed by atoms with Crippen LogP contribution < -0.4 is 5.73 Å². The lowest BCUT2D eigenvalue weighted by molar-refractivity contribution is 0.0917. The van der Waals surface area contributed by atoms with Crippen LogP contribution >= 0.6 is 11.3 Å². The molecule has 0 aliphatic carbocycles. The molecule has 0 aliphatic heterocycles. The van der Waals surface area contributed by atoms with Gasteiger partial charge in [-0.05, 0) is 44.3 Å². The van der Waals surface area contributed by atoms with Crippen LogP contribution in [0.4, 0.5) is 0 Å². The number of hydrogen-bond donors (Lipinski definition) is 1. The number of aryl methyl sites for hydroxylation is 1. The second-order valence-corrected chi connectivity index (χ2v) is 5.55. The Morgan fingerprint density at radius 1 is 1.44 bits per heavy atom. The highest BCUT2D eigenvalue weighted by Crippen LogP contribution is 2.30. The number of thiophene rings is 1. The van der Waals surface area contributed by atoms with Crippen molar-refractivity contribution in [3.63, 3.8) is 0 Å². The van der Waals surface area contributed by atoms with E-state index < -0.39 is 0 Å². The molecule has 0 bridgehead atoms. The fourth-order valence-corrected chi connectivity index (χ4v) is 3.42. The highest BCUT2D eigenvalue weighted by molar-refractivity contribution is 7.10. The van der Waals surface area contributed by atoms with E-state index in [4.69, 9.17) is 10.5 Å². The third-order valence-electron chi connectivity index (χ3n) is 3.19. The van der Waals surface area contributed by atoms with Gasteiger partial charge in [0, 0.05) is 24.1 Å². The predicted octanol–water partition coefficient (Wildman–Crippen LogP) is 2.80. The van der Waals surface area contributed by atoms with Gasteiger partial charge in [0.2, 0.25) is 0 Å². The van der Waals surface area contributed by atoms with E-state index in [1.54, 1.807) is 11.3 Å². The lowest BCUT2D eigenvalue weighted by Gasteiger charge is -2.33. The van der Waals surface area contributed by atoms with E-state index in [9.17, 15) is 0 Å². The van der Waals surface area contributed by atoms with Crippen molar-refractivity contribution in [1.82, 2.24) is 4.90 Å². The molecule has 0 aliphatic rings. The van der Waals surface area contributed by atoms with E-state index in [1.807, 2.05) is 6.92 Å². The quantitative estimate of drug-likeness (QED) is 0.738. The molecule has 1 rings (SSSR count). The van der Waals surface area contributed by atoms with Gasteiger partial charge < -0.3 is 10.5 Å². The van der Waals surface area contributed by atoms with Crippen molar-refractivity contribution in [3.8, 4) is 0 Å². The minimum absolute atomic E-state index is 0.129. The summed E-state index contributed by atoms with van der Waals surface area (Å²) in [5, 5.41) is 2.15. The summed E-state index contributed by atoms with van der Waals surface area (Å²) in [5.74, 6) is 0. The first-order valence-corrected chi connectivity index (χ1v) is 7.61. The molecule has 0 amide bonds. The number of ether oxygens (including phenoxy) is 1. The first-order chi connectivity index (χ1) is 8.61. The Labute approximate surface area is 115 Å². The summed E-state index contributed by atoms with van der Waals surface area (Å²) in [6, 6.07) is 2.60. The summed E-state index contributed by atoms with van der Waals surface area (Å²) in [6.45, 7) is 12.0. The van der Waals surface area contributed by atoms with Crippen molar-refractivity contribution < 1.29 is 4.74 Å². The molecule has 3 nitrogen and oxygen atoms in total. The summed E-state index contributed by atoms with van der Waals surface area (Å²) in [7, 11) is 0. The third-order valence-corrected chi connectivity index (χ3v) is 4.28. The van der Waals surface area contributed by atoms with E-state index in [-0.39, 0.29) is 6.04 Å². The number of nitrogens with zero attached hydrogens (tertiary/aromatic N) is 1. The molecule has 2 N–H and O–H groups in total. The van der Waals surface area contributed by atoms with Crippen LogP contribution in [0.25, 0.3) is 0 Å². The SMILES string of the molecule is CCOCCN(CC)C(c1sccc1C)C(C)N. The van der Waals surface area contributed by atoms with Gasteiger partial charge in [-0.25, -0.2) is 0 Å². The van der Waals surface area contributed by atoms with Crippen molar-refractivity contribution in [3.05, 3.63) is 21.9 Å². The molecule has 18 heavy (non-hydrogen) atoms. The van der Waals surface area contributed by atoms with Gasteiger partial charge in [0.25, 0.3) is 0 Å². The summed E-state index contributed by atoms with van der Waals surface area (Å²) >= 11 is 1.81. The van der Waals surface area contributed by atoms with E-state index in [0.717, 1.165) is 26.3 Å². The molecule has 1 aromatic heterocycles. The first kappa shape index (κ1) is 15.6. The zero-order valence-corrected chi connectivity index (χ0v) is 12.8. The second-order valence-electron chi connectivity index (χ2n) is 4.60. The van der Waals surface area contributed by atoms with Gasteiger partial charge in [-0.15, -0.1) is 11.3 Å². The Kier molecular flexibility index (Phi) is 6.86. The van der Waals surface area contributed by atoms with Gasteiger partial charge in [-0.1, -0.05) is 6.92 Å². The average molecular weight is 270 g/mol. The molecular weight excluding hydrogens is 244 g/mol. The highest BCUT2D eigenvalue weighted by Gasteiger charge is 2.25. The van der Waals surface area contributed by atoms with Crippen LogP contribution in [-0.4, -0.2) is 37.2 Å². The third kappa shape index (κ3) is 4.05. The molecule has 0 saturated carbocycles. The Bertz CT molecular complexity index is 338. The van der Waals surface area contributed by atoms with Crippen molar-refractivity contribution in [2.45, 2.75) is 39.8 Å². The molecule has 2 atom stereocenters. The van der Waals surface area contributed by atoms with Gasteiger partial charge in [0.05, 0.1) is 12.6 Å². The van der Waals surface area contributed by atoms with Crippen LogP contribution in [0.3, 0.4) is 0 Å². The molecule has 104 valence electrons. The van der Waals surface area contributed by atoms with Crippen LogP contribution in [0, 0.1) is 6.92 Å². The lowest BCUT2D eigenvalue weighted by atomic mass is 10.0. The van der Waals surface area contributed by atoms with Crippen molar-refractivity contribution in [2.75, 3.05) is 26.3 Å². The van der Waals surface area contributed by atoms with Crippen molar-refractivity contribution >= 4 is 11.3 Å². The van der Waals surface area contributed by atoms with Gasteiger partial charge in [-0.3, -0.25) is 4.90 Å². The van der Waals surface area contributed by atoms with Gasteiger partial charge in [0.1, 0.15) is 0 Å². The maximum Gasteiger partial charge on any atom is 0.0594 e. The fourth-order valence-electron chi connectivity index (χ4n) is 2.24. The number of rotatable bonds is 8. The molecule has 0 fully saturated rings. The zero-order chi connectivity index (χ0) is 13.5. The van der Waals surface area contributed by atoms with E-state index in [0.29, 0.717) is 6.04 Å². The summed E-state index contributed by atoms with van der Waals surface area (Å²) < 4.78 is 5.46. The van der Waals surface area contributed by atoms with E-state index >= 15 is 0 Å². The number of hydrogen-bond acceptors (Lipinski definition) is 4. The zero-order valence-electron chi connectivity index (χ0n) is 12.0. The van der Waals surface area contributed by atoms with Gasteiger partial charge >= 0.3 is 0 Å². The lowest BCUT2D eigenvalue weighted by Crippen LogP contribution is -2.41. The largest absolute Gasteiger partial charge is 0.380 e. The van der Waals surface area contributed by atoms with E-state index in [1.165, 1.54) is 10.4 Å². The van der Waals surface area contributed by atoms with Crippen LogP contribution in [0.15, 0.2) is 11.4 Å². The van der Waals surface area contributed by atoms with Gasteiger partial charge in [0.15, 0.2) is 0 Å². The summed E-state index contributed by atoms with van der Waals surface area (Å²) in [6.07, 6.45) is 0. The average Bonchev–Trinajstić information content (AvgIpc) is 2.74. The molecule has 1 aromatic rings. The van der Waals surface area contributed by atoms with Crippen molar-refractivity contribution in [2.24, 2.45) is 5.73 Å². The van der Waals surface area contributed by atoms with Crippen LogP contribution in [-0.2, 0) is 4.74 Å². The highest BCUT2D eigenvalue weighted by atomic mass is 32.1. The van der Waals surface area contributed by atoms with Gasteiger partial charge in [-0.2, -0.15) is 0 Å². The first-order valence-electron chi connectivity index (χ1n) is 6.73. The molecule has 0 spiro atoms. The molecular formula is C14H26N2OS. The number of nitrogens with two attached hydrogens (primary N) is 1. The maximum atomic E-state index is 6.20. The minimum atomic E-state index is 0.129. The normalized spacial score (nSPS) is 15.0. The Hall–Kier alpha value is -0.420. The monoisotopic (exact) mass is 270 g/mol. The standard InChI is InChI=1S/C14H26N2OS/c1-5-16(8-9-17-6-2)13(12(4)15)14-11(3)7-10-18-14/h7,10,12-13H,5-6,8-9,15H2,1-4H3. The Morgan fingerprint density at radius 2 is 2.17 bits per heavy atom. The molecule has 1 heterocycles. The fraction of sp³-hybridized carbons (Fsp3) is 0.714. The summed E-state index contributed by atoms with van der Waals surface area (Å²) in [4.78, 5) is 3.81. The molecule has 0 aromatic carbocycles.